The zero-order valence-electron chi connectivity index (χ0n) is 8.79. The second-order valence-corrected chi connectivity index (χ2v) is 3.81. The second-order valence-electron chi connectivity index (χ2n) is 3.81. The monoisotopic (exact) mass is 202 g/mol. The Morgan fingerprint density at radius 2 is 1.93 bits per heavy atom. The molecule has 1 aromatic carbocycles. The van der Waals surface area contributed by atoms with Crippen molar-refractivity contribution in [1.29, 1.82) is 0 Å². The lowest BCUT2D eigenvalue weighted by molar-refractivity contribution is -0.112. The summed E-state index contributed by atoms with van der Waals surface area (Å²) in [6.45, 7) is 2.04. The number of ketones is 1. The third-order valence-electron chi connectivity index (χ3n) is 2.51. The van der Waals surface area contributed by atoms with E-state index < -0.39 is 0 Å². The van der Waals surface area contributed by atoms with E-state index in [1.54, 1.807) is 0 Å². The smallest absolute Gasteiger partial charge is 0.178 e. The Labute approximate surface area is 89.2 Å². The lowest BCUT2D eigenvalue weighted by Gasteiger charge is -2.01. The molecule has 1 aliphatic carbocycles. The van der Waals surface area contributed by atoms with Crippen molar-refractivity contribution in [3.63, 3.8) is 0 Å². The number of hydrazone groups is 1. The fourth-order valence-electron chi connectivity index (χ4n) is 1.58. The topological polar surface area (TPSA) is 41.5 Å². The number of hydrogen-bond donors (Lipinski definition) is 1. The minimum atomic E-state index is 0.176. The van der Waals surface area contributed by atoms with Crippen LogP contribution >= 0.6 is 0 Å². The van der Waals surface area contributed by atoms with Gasteiger partial charge in [-0.2, -0.15) is 5.10 Å². The number of carbonyl (C=O) groups excluding carboxylic acids is 1. The highest BCUT2D eigenvalue weighted by Gasteiger charge is 2.18. The summed E-state index contributed by atoms with van der Waals surface area (Å²) >= 11 is 0. The van der Waals surface area contributed by atoms with Crippen LogP contribution in [0.15, 0.2) is 29.4 Å². The number of rotatable bonds is 2. The van der Waals surface area contributed by atoms with Crippen LogP contribution in [0, 0.1) is 6.92 Å². The fraction of sp³-hybridized carbons (Fsp3) is 0.333. The third kappa shape index (κ3) is 2.43. The summed E-state index contributed by atoms with van der Waals surface area (Å²) in [4.78, 5) is 11.3. The summed E-state index contributed by atoms with van der Waals surface area (Å²) in [5.74, 6) is 0.176. The maximum Gasteiger partial charge on any atom is 0.178 e. The molecule has 1 saturated carbocycles. The van der Waals surface area contributed by atoms with Crippen LogP contribution in [-0.4, -0.2) is 11.5 Å². The standard InChI is InChI=1S/C12H14N2O/c1-9-5-7-10(8-6-9)13-14-11-3-2-4-12(11)15/h5-8,13H,2-4H2,1H3/b14-11-. The Morgan fingerprint density at radius 3 is 2.53 bits per heavy atom. The van der Waals surface area contributed by atoms with Crippen LogP contribution in [0.2, 0.25) is 0 Å². The number of Topliss-reactive ketones (excluding diaryl/α,β-unsaturated/α-hetero) is 1. The van der Waals surface area contributed by atoms with Gasteiger partial charge in [0.25, 0.3) is 0 Å². The summed E-state index contributed by atoms with van der Waals surface area (Å²) in [7, 11) is 0. The number of nitrogens with zero attached hydrogens (tertiary/aromatic N) is 1. The Morgan fingerprint density at radius 1 is 1.20 bits per heavy atom. The molecule has 0 bridgehead atoms. The van der Waals surface area contributed by atoms with Crippen LogP contribution in [-0.2, 0) is 4.79 Å². The highest BCUT2D eigenvalue weighted by Crippen LogP contribution is 2.13. The molecule has 0 aromatic heterocycles. The van der Waals surface area contributed by atoms with Crippen molar-refractivity contribution >= 4 is 17.2 Å². The largest absolute Gasteiger partial charge is 0.293 e. The molecule has 1 aliphatic rings. The van der Waals surface area contributed by atoms with Crippen LogP contribution in [0.4, 0.5) is 5.69 Å². The van der Waals surface area contributed by atoms with Gasteiger partial charge in [-0.25, -0.2) is 0 Å². The molecule has 0 aliphatic heterocycles. The lowest BCUT2D eigenvalue weighted by atomic mass is 10.2. The predicted octanol–water partition coefficient (Wildman–Crippen LogP) is 2.52. The maximum absolute atomic E-state index is 11.3. The Bertz CT molecular complexity index is 393. The van der Waals surface area contributed by atoms with Crippen molar-refractivity contribution in [2.24, 2.45) is 5.10 Å². The average molecular weight is 202 g/mol. The van der Waals surface area contributed by atoms with Crippen molar-refractivity contribution in [2.75, 3.05) is 5.43 Å². The van der Waals surface area contributed by atoms with Gasteiger partial charge < -0.3 is 0 Å². The van der Waals surface area contributed by atoms with E-state index in [1.165, 1.54) is 5.56 Å². The van der Waals surface area contributed by atoms with Crippen LogP contribution in [0.25, 0.3) is 0 Å². The molecule has 3 heteroatoms. The number of nitrogens with one attached hydrogen (secondary N) is 1. The van der Waals surface area contributed by atoms with Crippen molar-refractivity contribution in [1.82, 2.24) is 0 Å². The fourth-order valence-corrected chi connectivity index (χ4v) is 1.58. The first kappa shape index (κ1) is 9.90. The quantitative estimate of drug-likeness (QED) is 0.749. The van der Waals surface area contributed by atoms with E-state index in [9.17, 15) is 4.79 Å². The summed E-state index contributed by atoms with van der Waals surface area (Å²) in [6, 6.07) is 7.94. The summed E-state index contributed by atoms with van der Waals surface area (Å²) in [5.41, 5.74) is 5.72. The number of carbonyl (C=O) groups is 1. The summed E-state index contributed by atoms with van der Waals surface area (Å²) in [5, 5.41) is 4.12. The Hall–Kier alpha value is -1.64. The van der Waals surface area contributed by atoms with E-state index in [1.807, 2.05) is 31.2 Å². The molecule has 0 unspecified atom stereocenters. The van der Waals surface area contributed by atoms with Gasteiger partial charge in [0.15, 0.2) is 5.78 Å². The minimum Gasteiger partial charge on any atom is -0.293 e. The van der Waals surface area contributed by atoms with E-state index in [2.05, 4.69) is 10.5 Å². The van der Waals surface area contributed by atoms with Crippen molar-refractivity contribution in [2.45, 2.75) is 26.2 Å². The first-order valence-corrected chi connectivity index (χ1v) is 5.18. The van der Waals surface area contributed by atoms with Crippen LogP contribution in [0.5, 0.6) is 0 Å². The van der Waals surface area contributed by atoms with Gasteiger partial charge in [-0.1, -0.05) is 17.7 Å². The van der Waals surface area contributed by atoms with Crippen LogP contribution in [0.3, 0.4) is 0 Å². The normalized spacial score (nSPS) is 18.5. The lowest BCUT2D eigenvalue weighted by Crippen LogP contribution is -2.07. The van der Waals surface area contributed by atoms with E-state index >= 15 is 0 Å². The maximum atomic E-state index is 11.3. The molecule has 0 radical (unpaired) electrons. The van der Waals surface area contributed by atoms with Crippen molar-refractivity contribution in [3.05, 3.63) is 29.8 Å². The summed E-state index contributed by atoms with van der Waals surface area (Å²) < 4.78 is 0. The number of anilines is 1. The molecule has 15 heavy (non-hydrogen) atoms. The third-order valence-corrected chi connectivity index (χ3v) is 2.51. The van der Waals surface area contributed by atoms with Gasteiger partial charge in [-0.3, -0.25) is 10.2 Å². The number of hydrogen-bond acceptors (Lipinski definition) is 3. The molecule has 3 nitrogen and oxygen atoms in total. The predicted molar refractivity (Wildman–Crippen MR) is 61.1 cm³/mol. The molecular weight excluding hydrogens is 188 g/mol. The highest BCUT2D eigenvalue weighted by atomic mass is 16.1. The summed E-state index contributed by atoms with van der Waals surface area (Å²) in [6.07, 6.45) is 2.39. The zero-order chi connectivity index (χ0) is 10.7. The van der Waals surface area contributed by atoms with Gasteiger partial charge in [-0.15, -0.1) is 0 Å². The van der Waals surface area contributed by atoms with Crippen LogP contribution in [0.1, 0.15) is 24.8 Å². The second kappa shape index (κ2) is 4.26. The first-order chi connectivity index (χ1) is 7.25. The SMILES string of the molecule is Cc1ccc(N/N=C2/CCCC2=O)cc1. The van der Waals surface area contributed by atoms with E-state index in [0.717, 1.165) is 18.5 Å². The molecule has 0 heterocycles. The van der Waals surface area contributed by atoms with E-state index in [4.69, 9.17) is 0 Å². The van der Waals surface area contributed by atoms with Gasteiger partial charge in [0.1, 0.15) is 5.71 Å². The molecule has 0 spiro atoms. The molecule has 0 atom stereocenters. The molecule has 0 amide bonds. The Kier molecular flexibility index (Phi) is 2.81. The molecule has 2 rings (SSSR count). The van der Waals surface area contributed by atoms with Gasteiger partial charge in [0.2, 0.25) is 0 Å². The molecule has 0 saturated heterocycles. The van der Waals surface area contributed by atoms with Gasteiger partial charge in [-0.05, 0) is 31.9 Å². The molecule has 1 fully saturated rings. The van der Waals surface area contributed by atoms with Crippen molar-refractivity contribution < 1.29 is 4.79 Å². The molecule has 1 N–H and O–H groups in total. The van der Waals surface area contributed by atoms with E-state index in [-0.39, 0.29) is 5.78 Å². The number of aryl methyl sites for hydroxylation is 1. The first-order valence-electron chi connectivity index (χ1n) is 5.18. The minimum absolute atomic E-state index is 0.176. The van der Waals surface area contributed by atoms with Gasteiger partial charge >= 0.3 is 0 Å². The highest BCUT2D eigenvalue weighted by molar-refractivity contribution is 6.41. The Balaban J connectivity index is 2.03. The number of benzene rings is 1. The van der Waals surface area contributed by atoms with Gasteiger partial charge in [0.05, 0.1) is 5.69 Å². The average Bonchev–Trinajstić information content (AvgIpc) is 2.63. The zero-order valence-corrected chi connectivity index (χ0v) is 8.79. The van der Waals surface area contributed by atoms with Crippen LogP contribution < -0.4 is 5.43 Å². The van der Waals surface area contributed by atoms with Crippen molar-refractivity contribution in [3.8, 4) is 0 Å². The van der Waals surface area contributed by atoms with Gasteiger partial charge in [0, 0.05) is 6.42 Å². The van der Waals surface area contributed by atoms with E-state index in [0.29, 0.717) is 12.1 Å². The molecule has 78 valence electrons. The molecule has 1 aromatic rings. The molecular formula is C12H14N2O.